The molecule has 2 rings (SSSR count). The monoisotopic (exact) mass is 294 g/mol. The zero-order valence-corrected chi connectivity index (χ0v) is 12.6. The van der Waals surface area contributed by atoms with E-state index in [-0.39, 0.29) is 23.9 Å². The molecule has 116 valence electrons. The number of ether oxygens (including phenoxy) is 1. The highest BCUT2D eigenvalue weighted by atomic mass is 19.1. The second-order valence-electron chi connectivity index (χ2n) is 5.40. The van der Waals surface area contributed by atoms with Crippen molar-refractivity contribution in [3.05, 3.63) is 35.6 Å². The van der Waals surface area contributed by atoms with Gasteiger partial charge < -0.3 is 10.1 Å². The number of amides is 1. The first kappa shape index (κ1) is 15.9. The minimum absolute atomic E-state index is 0.0112. The Labute approximate surface area is 125 Å². The fraction of sp³-hybridized carbons (Fsp3) is 0.562. The van der Waals surface area contributed by atoms with Crippen molar-refractivity contribution in [2.24, 2.45) is 0 Å². The molecule has 4 nitrogen and oxygen atoms in total. The molecule has 0 aromatic heterocycles. The maximum atomic E-state index is 13.1. The van der Waals surface area contributed by atoms with E-state index in [0.29, 0.717) is 13.2 Å². The van der Waals surface area contributed by atoms with Gasteiger partial charge in [0.2, 0.25) is 5.91 Å². The smallest absolute Gasteiger partial charge is 0.216 e. The molecule has 0 saturated carbocycles. The Balaban J connectivity index is 2.00. The topological polar surface area (TPSA) is 41.6 Å². The minimum atomic E-state index is -0.209. The number of nitrogens with zero attached hydrogens (tertiary/aromatic N) is 1. The molecule has 0 bridgehead atoms. The highest BCUT2D eigenvalue weighted by molar-refractivity contribution is 5.72. The molecule has 2 atom stereocenters. The first-order valence-corrected chi connectivity index (χ1v) is 7.45. The largest absolute Gasteiger partial charge is 0.374 e. The molecule has 0 spiro atoms. The van der Waals surface area contributed by atoms with Gasteiger partial charge in [-0.15, -0.1) is 0 Å². The van der Waals surface area contributed by atoms with Crippen molar-refractivity contribution in [1.82, 2.24) is 10.2 Å². The zero-order chi connectivity index (χ0) is 15.2. The Kier molecular flexibility index (Phi) is 5.70. The Hall–Kier alpha value is -1.46. The summed E-state index contributed by atoms with van der Waals surface area (Å²) in [6.07, 6.45) is 0.968. The molecule has 0 aliphatic carbocycles. The number of carbonyl (C=O) groups excluding carboxylic acids is 1. The van der Waals surface area contributed by atoms with Gasteiger partial charge in [-0.3, -0.25) is 9.69 Å². The maximum Gasteiger partial charge on any atom is 0.216 e. The van der Waals surface area contributed by atoms with Crippen LogP contribution < -0.4 is 5.32 Å². The summed E-state index contributed by atoms with van der Waals surface area (Å²) in [4.78, 5) is 13.3. The zero-order valence-electron chi connectivity index (χ0n) is 12.6. The van der Waals surface area contributed by atoms with Crippen LogP contribution in [0.1, 0.15) is 31.9 Å². The summed E-state index contributed by atoms with van der Waals surface area (Å²) < 4.78 is 18.8. The van der Waals surface area contributed by atoms with Crippen LogP contribution in [0.5, 0.6) is 0 Å². The average molecular weight is 294 g/mol. The van der Waals surface area contributed by atoms with Crippen molar-refractivity contribution >= 4 is 5.91 Å². The summed E-state index contributed by atoms with van der Waals surface area (Å²) in [5.74, 6) is -0.250. The number of hydrogen-bond donors (Lipinski definition) is 1. The first-order chi connectivity index (χ1) is 10.1. The second kappa shape index (κ2) is 7.52. The van der Waals surface area contributed by atoms with Gasteiger partial charge in [-0.05, 0) is 24.1 Å². The lowest BCUT2D eigenvalue weighted by Gasteiger charge is -2.38. The van der Waals surface area contributed by atoms with Crippen LogP contribution in [-0.4, -0.2) is 43.2 Å². The molecule has 1 heterocycles. The van der Waals surface area contributed by atoms with E-state index in [2.05, 4.69) is 17.1 Å². The third-order valence-electron chi connectivity index (χ3n) is 3.83. The Morgan fingerprint density at radius 1 is 1.48 bits per heavy atom. The molecule has 1 fully saturated rings. The van der Waals surface area contributed by atoms with Crippen molar-refractivity contribution in [3.8, 4) is 0 Å². The van der Waals surface area contributed by atoms with Crippen molar-refractivity contribution in [3.63, 3.8) is 0 Å². The Morgan fingerprint density at radius 3 is 2.81 bits per heavy atom. The fourth-order valence-electron chi connectivity index (χ4n) is 2.80. The lowest BCUT2D eigenvalue weighted by molar-refractivity contribution is -0.120. The van der Waals surface area contributed by atoms with Crippen LogP contribution in [0.15, 0.2) is 24.3 Å². The van der Waals surface area contributed by atoms with Crippen molar-refractivity contribution < 1.29 is 13.9 Å². The summed E-state index contributed by atoms with van der Waals surface area (Å²) >= 11 is 0. The van der Waals surface area contributed by atoms with E-state index in [1.54, 1.807) is 0 Å². The summed E-state index contributed by atoms with van der Waals surface area (Å²) in [6, 6.07) is 6.97. The minimum Gasteiger partial charge on any atom is -0.374 e. The van der Waals surface area contributed by atoms with Crippen LogP contribution in [0.25, 0.3) is 0 Å². The summed E-state index contributed by atoms with van der Waals surface area (Å²) in [5.41, 5.74) is 1.12. The van der Waals surface area contributed by atoms with Crippen LogP contribution >= 0.6 is 0 Å². The maximum absolute atomic E-state index is 13.1. The molecular weight excluding hydrogens is 271 g/mol. The van der Waals surface area contributed by atoms with Gasteiger partial charge in [0, 0.05) is 32.6 Å². The normalized spacial score (nSPS) is 21.0. The second-order valence-corrected chi connectivity index (χ2v) is 5.40. The third kappa shape index (κ3) is 4.51. The van der Waals surface area contributed by atoms with Gasteiger partial charge in [0.15, 0.2) is 0 Å². The first-order valence-electron chi connectivity index (χ1n) is 7.45. The highest BCUT2D eigenvalue weighted by Gasteiger charge is 2.26. The summed E-state index contributed by atoms with van der Waals surface area (Å²) in [5, 5.41) is 2.80. The van der Waals surface area contributed by atoms with E-state index in [1.807, 2.05) is 12.1 Å². The van der Waals surface area contributed by atoms with E-state index < -0.39 is 0 Å². The van der Waals surface area contributed by atoms with Crippen LogP contribution in [0.4, 0.5) is 4.39 Å². The summed E-state index contributed by atoms with van der Waals surface area (Å²) in [6.45, 7) is 6.45. The lowest BCUT2D eigenvalue weighted by atomic mass is 10.0. The fourth-order valence-corrected chi connectivity index (χ4v) is 2.80. The van der Waals surface area contributed by atoms with Gasteiger partial charge in [-0.1, -0.05) is 19.1 Å². The number of rotatable bonds is 5. The molecule has 1 N–H and O–H groups in total. The van der Waals surface area contributed by atoms with Gasteiger partial charge in [-0.25, -0.2) is 4.39 Å². The lowest BCUT2D eigenvalue weighted by Crippen LogP contribution is -2.48. The van der Waals surface area contributed by atoms with Crippen LogP contribution in [0.3, 0.4) is 0 Å². The molecule has 1 aromatic rings. The SMILES string of the molecule is CC[C@@H](c1ccc(F)cc1)N1CCO[C@@H](CNC(C)=O)C1. The molecule has 0 unspecified atom stereocenters. The Bertz CT molecular complexity index is 464. The Morgan fingerprint density at radius 2 is 2.19 bits per heavy atom. The van der Waals surface area contributed by atoms with Crippen molar-refractivity contribution in [1.29, 1.82) is 0 Å². The van der Waals surface area contributed by atoms with Crippen molar-refractivity contribution in [2.75, 3.05) is 26.2 Å². The number of halogens is 1. The quantitative estimate of drug-likeness (QED) is 0.904. The molecule has 5 heteroatoms. The number of morpholine rings is 1. The number of carbonyl (C=O) groups is 1. The number of nitrogens with one attached hydrogen (secondary N) is 1. The van der Waals surface area contributed by atoms with E-state index in [1.165, 1.54) is 19.1 Å². The molecule has 1 aliphatic rings. The van der Waals surface area contributed by atoms with Crippen LogP contribution in [0.2, 0.25) is 0 Å². The molecule has 21 heavy (non-hydrogen) atoms. The van der Waals surface area contributed by atoms with Gasteiger partial charge in [0.1, 0.15) is 5.82 Å². The van der Waals surface area contributed by atoms with E-state index >= 15 is 0 Å². The predicted molar refractivity (Wildman–Crippen MR) is 79.4 cm³/mol. The predicted octanol–water partition coefficient (Wildman–Crippen LogP) is 2.11. The van der Waals surface area contributed by atoms with E-state index in [0.717, 1.165) is 25.1 Å². The van der Waals surface area contributed by atoms with E-state index in [4.69, 9.17) is 4.74 Å². The third-order valence-corrected chi connectivity index (χ3v) is 3.83. The average Bonchev–Trinajstić information content (AvgIpc) is 2.48. The molecule has 1 aromatic carbocycles. The van der Waals surface area contributed by atoms with Crippen LogP contribution in [0, 0.1) is 5.82 Å². The number of benzene rings is 1. The molecular formula is C16H23FN2O2. The molecule has 1 aliphatic heterocycles. The van der Waals surface area contributed by atoms with Gasteiger partial charge in [0.05, 0.1) is 12.7 Å². The van der Waals surface area contributed by atoms with Gasteiger partial charge in [-0.2, -0.15) is 0 Å². The molecule has 0 radical (unpaired) electrons. The molecule has 1 saturated heterocycles. The highest BCUT2D eigenvalue weighted by Crippen LogP contribution is 2.26. The van der Waals surface area contributed by atoms with Gasteiger partial charge in [0.25, 0.3) is 0 Å². The summed E-state index contributed by atoms with van der Waals surface area (Å²) in [7, 11) is 0. The van der Waals surface area contributed by atoms with Crippen LogP contribution in [-0.2, 0) is 9.53 Å². The van der Waals surface area contributed by atoms with E-state index in [9.17, 15) is 9.18 Å². The molecule has 1 amide bonds. The van der Waals surface area contributed by atoms with Crippen molar-refractivity contribution in [2.45, 2.75) is 32.4 Å². The number of hydrogen-bond acceptors (Lipinski definition) is 3. The van der Waals surface area contributed by atoms with Gasteiger partial charge >= 0.3 is 0 Å². The standard InChI is InChI=1S/C16H23FN2O2/c1-3-16(13-4-6-14(17)7-5-13)19-8-9-21-15(11-19)10-18-12(2)20/h4-7,15-16H,3,8-11H2,1-2H3,(H,18,20)/t15-,16-/m0/s1.